The minimum atomic E-state index is -4.00. The van der Waals surface area contributed by atoms with Crippen LogP contribution in [0.3, 0.4) is 0 Å². The van der Waals surface area contributed by atoms with Gasteiger partial charge in [-0.15, -0.1) is 0 Å². The molecule has 0 N–H and O–H groups in total. The first kappa shape index (κ1) is 24.0. The molecule has 5 nitrogen and oxygen atoms in total. The summed E-state index contributed by atoms with van der Waals surface area (Å²) in [4.78, 5) is 0.0504. The fourth-order valence-corrected chi connectivity index (χ4v) is 5.55. The average Bonchev–Trinajstić information content (AvgIpc) is 3.64. The van der Waals surface area contributed by atoms with Gasteiger partial charge in [0, 0.05) is 24.6 Å². The maximum atomic E-state index is 14.4. The fraction of sp³-hybridized carbons (Fsp3) is 0.308. The van der Waals surface area contributed by atoms with Gasteiger partial charge in [0.1, 0.15) is 11.6 Å². The Morgan fingerprint density at radius 3 is 2.24 bits per heavy atom. The van der Waals surface area contributed by atoms with E-state index in [-0.39, 0.29) is 29.3 Å². The molecule has 0 spiro atoms. The number of aryl methyl sites for hydroxylation is 1. The van der Waals surface area contributed by atoms with Crippen molar-refractivity contribution in [2.75, 3.05) is 25.1 Å². The second-order valence-electron chi connectivity index (χ2n) is 8.51. The van der Waals surface area contributed by atoms with Crippen LogP contribution in [0.25, 0.3) is 0 Å². The summed E-state index contributed by atoms with van der Waals surface area (Å²) in [7, 11) is -1.08. The highest BCUT2D eigenvalue weighted by molar-refractivity contribution is 7.92. The summed E-state index contributed by atoms with van der Waals surface area (Å²) in [5.41, 5.74) is 1.72. The van der Waals surface area contributed by atoms with E-state index in [1.807, 2.05) is 6.92 Å². The quantitative estimate of drug-likeness (QED) is 0.401. The number of hydrogen-bond acceptors (Lipinski definition) is 4. The molecule has 180 valence electrons. The van der Waals surface area contributed by atoms with Gasteiger partial charge in [-0.05, 0) is 61.6 Å². The fourth-order valence-electron chi connectivity index (χ4n) is 3.96. The van der Waals surface area contributed by atoms with Crippen LogP contribution >= 0.6 is 0 Å². The molecule has 0 heterocycles. The van der Waals surface area contributed by atoms with Crippen molar-refractivity contribution >= 4 is 15.7 Å². The van der Waals surface area contributed by atoms with Crippen molar-refractivity contribution < 1.29 is 26.7 Å². The van der Waals surface area contributed by atoms with Gasteiger partial charge in [0.25, 0.3) is 10.0 Å². The minimum absolute atomic E-state index is 0.0504. The molecule has 1 aliphatic rings. The zero-order valence-electron chi connectivity index (χ0n) is 19.3. The summed E-state index contributed by atoms with van der Waals surface area (Å²) in [5, 5.41) is 0. The maximum absolute atomic E-state index is 14.4. The Hall–Kier alpha value is -3.13. The lowest BCUT2D eigenvalue weighted by Gasteiger charge is -2.27. The summed E-state index contributed by atoms with van der Waals surface area (Å²) in [6, 6.07) is 13.5. The van der Waals surface area contributed by atoms with Crippen molar-refractivity contribution in [2.45, 2.75) is 31.1 Å². The molecule has 0 aliphatic heterocycles. The van der Waals surface area contributed by atoms with Gasteiger partial charge in [-0.25, -0.2) is 17.2 Å². The number of rotatable bonds is 9. The van der Waals surface area contributed by atoms with Crippen LogP contribution in [-0.2, 0) is 16.4 Å². The molecule has 0 saturated heterocycles. The van der Waals surface area contributed by atoms with Crippen molar-refractivity contribution in [1.29, 1.82) is 0 Å². The van der Waals surface area contributed by atoms with E-state index in [4.69, 9.17) is 9.47 Å². The molecule has 0 amide bonds. The highest BCUT2D eigenvalue weighted by atomic mass is 32.2. The monoisotopic (exact) mass is 487 g/mol. The summed E-state index contributed by atoms with van der Waals surface area (Å²) in [6.45, 7) is 2.14. The van der Waals surface area contributed by atoms with Crippen LogP contribution in [0.2, 0.25) is 0 Å². The van der Waals surface area contributed by atoms with Crippen molar-refractivity contribution in [1.82, 2.24) is 0 Å². The van der Waals surface area contributed by atoms with Crippen LogP contribution in [0.4, 0.5) is 14.5 Å². The Morgan fingerprint density at radius 2 is 1.62 bits per heavy atom. The first-order chi connectivity index (χ1) is 16.2. The number of ether oxygens (including phenoxy) is 2. The molecule has 0 atom stereocenters. The molecule has 0 aromatic heterocycles. The van der Waals surface area contributed by atoms with Gasteiger partial charge in [0.05, 0.1) is 24.8 Å². The molecule has 0 unspecified atom stereocenters. The number of methoxy groups -OCH3 is 2. The van der Waals surface area contributed by atoms with Gasteiger partial charge in [-0.3, -0.25) is 4.31 Å². The molecule has 0 bridgehead atoms. The van der Waals surface area contributed by atoms with E-state index in [1.54, 1.807) is 24.3 Å². The molecule has 1 aliphatic carbocycles. The van der Waals surface area contributed by atoms with E-state index in [1.165, 1.54) is 48.9 Å². The Morgan fingerprint density at radius 1 is 0.941 bits per heavy atom. The Bertz CT molecular complexity index is 1290. The van der Waals surface area contributed by atoms with E-state index < -0.39 is 21.7 Å². The van der Waals surface area contributed by atoms with Crippen LogP contribution in [0.5, 0.6) is 11.5 Å². The summed E-state index contributed by atoms with van der Waals surface area (Å²) in [6.07, 6.45) is 1.79. The molecule has 3 aromatic carbocycles. The third-order valence-corrected chi connectivity index (χ3v) is 7.77. The second-order valence-corrected chi connectivity index (χ2v) is 10.4. The van der Waals surface area contributed by atoms with E-state index >= 15 is 0 Å². The number of anilines is 1. The summed E-state index contributed by atoms with van der Waals surface area (Å²) >= 11 is 0. The number of nitrogens with zero attached hydrogens (tertiary/aromatic N) is 1. The normalized spacial score (nSPS) is 13.6. The largest absolute Gasteiger partial charge is 0.493 e. The van der Waals surface area contributed by atoms with E-state index in [9.17, 15) is 17.2 Å². The Balaban J connectivity index is 1.82. The standard InChI is InChI=1S/C26H27F2NO4S/c1-17-7-11-24(19(13-17)14-21-22(27)5-4-6-23(21)28)29(16-18-8-9-18)34(30,31)20-10-12-25(32-2)26(15-20)33-3/h4-7,10-13,15,18H,8-9,14,16H2,1-3H3. The Labute approximate surface area is 199 Å². The topological polar surface area (TPSA) is 55.8 Å². The van der Waals surface area contributed by atoms with Crippen molar-refractivity contribution in [3.8, 4) is 11.5 Å². The van der Waals surface area contributed by atoms with Crippen molar-refractivity contribution in [3.05, 3.63) is 82.9 Å². The molecule has 1 fully saturated rings. The highest BCUT2D eigenvalue weighted by Gasteiger charge is 2.34. The molecule has 8 heteroatoms. The van der Waals surface area contributed by atoms with Gasteiger partial charge < -0.3 is 9.47 Å². The van der Waals surface area contributed by atoms with Crippen LogP contribution < -0.4 is 13.8 Å². The summed E-state index contributed by atoms with van der Waals surface area (Å²) in [5.74, 6) is -0.379. The molecular formula is C26H27F2NO4S. The predicted molar refractivity (Wildman–Crippen MR) is 127 cm³/mol. The van der Waals surface area contributed by atoms with Crippen molar-refractivity contribution in [3.63, 3.8) is 0 Å². The molecule has 0 radical (unpaired) electrons. The van der Waals surface area contributed by atoms with E-state index in [0.717, 1.165) is 18.4 Å². The van der Waals surface area contributed by atoms with Gasteiger partial charge >= 0.3 is 0 Å². The minimum Gasteiger partial charge on any atom is -0.493 e. The number of hydrogen-bond donors (Lipinski definition) is 0. The predicted octanol–water partition coefficient (Wildman–Crippen LogP) is 5.49. The van der Waals surface area contributed by atoms with E-state index in [0.29, 0.717) is 22.7 Å². The average molecular weight is 488 g/mol. The van der Waals surface area contributed by atoms with E-state index in [2.05, 4.69) is 0 Å². The number of sulfonamides is 1. The Kier molecular flexibility index (Phi) is 6.79. The second kappa shape index (κ2) is 9.62. The smallest absolute Gasteiger partial charge is 0.264 e. The third-order valence-electron chi connectivity index (χ3n) is 6.00. The zero-order chi connectivity index (χ0) is 24.5. The highest BCUT2D eigenvalue weighted by Crippen LogP contribution is 2.38. The zero-order valence-corrected chi connectivity index (χ0v) is 20.2. The van der Waals surface area contributed by atoms with Crippen LogP contribution in [0.15, 0.2) is 59.5 Å². The first-order valence-corrected chi connectivity index (χ1v) is 12.5. The lowest BCUT2D eigenvalue weighted by atomic mass is 10.00. The first-order valence-electron chi connectivity index (χ1n) is 11.0. The van der Waals surface area contributed by atoms with Gasteiger partial charge in [0.15, 0.2) is 11.5 Å². The van der Waals surface area contributed by atoms with Crippen LogP contribution in [0.1, 0.15) is 29.5 Å². The number of benzene rings is 3. The SMILES string of the molecule is COc1ccc(S(=O)(=O)N(CC2CC2)c2ccc(C)cc2Cc2c(F)cccc2F)cc1OC. The van der Waals surface area contributed by atoms with Gasteiger partial charge in [-0.2, -0.15) is 0 Å². The lowest BCUT2D eigenvalue weighted by molar-refractivity contribution is 0.354. The van der Waals surface area contributed by atoms with Crippen LogP contribution in [0, 0.1) is 24.5 Å². The summed E-state index contributed by atoms with van der Waals surface area (Å²) < 4.78 is 68.5. The van der Waals surface area contributed by atoms with Gasteiger partial charge in [-0.1, -0.05) is 23.8 Å². The molecule has 34 heavy (non-hydrogen) atoms. The van der Waals surface area contributed by atoms with Crippen molar-refractivity contribution in [2.24, 2.45) is 5.92 Å². The third kappa shape index (κ3) is 4.87. The molecule has 3 aromatic rings. The molecule has 4 rings (SSSR count). The molecular weight excluding hydrogens is 460 g/mol. The van der Waals surface area contributed by atoms with Gasteiger partial charge in [0.2, 0.25) is 0 Å². The molecule has 1 saturated carbocycles. The van der Waals surface area contributed by atoms with Crippen LogP contribution in [-0.4, -0.2) is 29.2 Å². The maximum Gasteiger partial charge on any atom is 0.264 e. The number of halogens is 2. The lowest BCUT2D eigenvalue weighted by Crippen LogP contribution is -2.34.